The van der Waals surface area contributed by atoms with Crippen LogP contribution in [0.4, 0.5) is 10.5 Å². The molecule has 5 heteroatoms. The minimum absolute atomic E-state index is 0.0560. The number of nitrogens with one attached hydrogen (secondary N) is 1. The molecule has 1 saturated heterocycles. The van der Waals surface area contributed by atoms with E-state index < -0.39 is 0 Å². The highest BCUT2D eigenvalue weighted by molar-refractivity contribution is 5.91. The van der Waals surface area contributed by atoms with Crippen LogP contribution in [0.3, 0.4) is 0 Å². The van der Waals surface area contributed by atoms with Crippen molar-refractivity contribution in [1.29, 1.82) is 0 Å². The van der Waals surface area contributed by atoms with E-state index in [1.807, 2.05) is 59.5 Å². The lowest BCUT2D eigenvalue weighted by Gasteiger charge is -2.34. The number of urea groups is 1. The fraction of sp³-hybridized carbons (Fsp3) is 0.350. The molecule has 0 aromatic heterocycles. The van der Waals surface area contributed by atoms with E-state index in [-0.39, 0.29) is 6.03 Å². The van der Waals surface area contributed by atoms with E-state index in [1.165, 1.54) is 12.8 Å². The first-order valence-electron chi connectivity index (χ1n) is 8.91. The van der Waals surface area contributed by atoms with Crippen LogP contribution >= 0.6 is 0 Å². The molecule has 1 heterocycles. The van der Waals surface area contributed by atoms with Gasteiger partial charge in [0.05, 0.1) is 5.69 Å². The second-order valence-electron chi connectivity index (χ2n) is 6.60. The number of ether oxygens (including phenoxy) is 1. The van der Waals surface area contributed by atoms with Gasteiger partial charge in [-0.05, 0) is 37.1 Å². The standard InChI is InChI=1S/C20H23N3O2/c24-20(23-14-12-22(13-15-23)16-10-11-16)21-18-8-4-5-9-19(18)25-17-6-2-1-3-7-17/h1-9,16H,10-15H2,(H,21,24). The Hall–Kier alpha value is -2.53. The predicted octanol–water partition coefficient (Wildman–Crippen LogP) is 3.79. The van der Waals surface area contributed by atoms with Gasteiger partial charge in [0.25, 0.3) is 0 Å². The number of nitrogens with zero attached hydrogens (tertiary/aromatic N) is 2. The maximum atomic E-state index is 12.6. The van der Waals surface area contributed by atoms with Crippen LogP contribution in [0, 0.1) is 0 Å². The number of hydrogen-bond acceptors (Lipinski definition) is 3. The normalized spacial score (nSPS) is 18.0. The van der Waals surface area contributed by atoms with Crippen LogP contribution < -0.4 is 10.1 Å². The summed E-state index contributed by atoms with van der Waals surface area (Å²) in [6, 6.07) is 17.9. The monoisotopic (exact) mass is 337 g/mol. The van der Waals surface area contributed by atoms with Gasteiger partial charge in [-0.3, -0.25) is 4.90 Å². The summed E-state index contributed by atoms with van der Waals surface area (Å²) in [4.78, 5) is 17.0. The zero-order valence-corrected chi connectivity index (χ0v) is 14.2. The highest BCUT2D eigenvalue weighted by Gasteiger charge is 2.32. The van der Waals surface area contributed by atoms with Crippen molar-refractivity contribution < 1.29 is 9.53 Å². The van der Waals surface area contributed by atoms with Gasteiger partial charge in [0.1, 0.15) is 5.75 Å². The number of piperazine rings is 1. The lowest BCUT2D eigenvalue weighted by molar-refractivity contribution is 0.142. The molecule has 0 radical (unpaired) electrons. The van der Waals surface area contributed by atoms with Crippen LogP contribution in [0.1, 0.15) is 12.8 Å². The molecule has 5 nitrogen and oxygen atoms in total. The number of benzene rings is 2. The minimum Gasteiger partial charge on any atom is -0.455 e. The van der Waals surface area contributed by atoms with Gasteiger partial charge in [0, 0.05) is 32.2 Å². The van der Waals surface area contributed by atoms with E-state index in [1.54, 1.807) is 0 Å². The second kappa shape index (κ2) is 7.15. The maximum absolute atomic E-state index is 12.6. The Morgan fingerprint density at radius 2 is 1.60 bits per heavy atom. The Kier molecular flexibility index (Phi) is 4.57. The fourth-order valence-corrected chi connectivity index (χ4v) is 3.20. The molecule has 0 unspecified atom stereocenters. The highest BCUT2D eigenvalue weighted by atomic mass is 16.5. The number of carbonyl (C=O) groups excluding carboxylic acids is 1. The third-order valence-corrected chi connectivity index (χ3v) is 4.76. The molecule has 0 bridgehead atoms. The van der Waals surface area contributed by atoms with Gasteiger partial charge < -0.3 is 15.0 Å². The number of anilines is 1. The number of amides is 2. The average Bonchev–Trinajstić information content (AvgIpc) is 3.50. The van der Waals surface area contributed by atoms with Crippen LogP contribution in [-0.4, -0.2) is 48.1 Å². The first-order valence-corrected chi connectivity index (χ1v) is 8.91. The number of para-hydroxylation sites is 3. The first kappa shape index (κ1) is 16.0. The molecule has 2 fully saturated rings. The molecule has 1 aliphatic carbocycles. The van der Waals surface area contributed by atoms with Crippen LogP contribution in [0.2, 0.25) is 0 Å². The number of carbonyl (C=O) groups is 1. The summed E-state index contributed by atoms with van der Waals surface area (Å²) in [5, 5.41) is 3.00. The van der Waals surface area contributed by atoms with E-state index in [0.29, 0.717) is 11.4 Å². The quantitative estimate of drug-likeness (QED) is 0.923. The lowest BCUT2D eigenvalue weighted by Crippen LogP contribution is -2.50. The van der Waals surface area contributed by atoms with Gasteiger partial charge in [-0.2, -0.15) is 0 Å². The molecule has 0 spiro atoms. The van der Waals surface area contributed by atoms with Crippen molar-refractivity contribution in [2.45, 2.75) is 18.9 Å². The molecule has 1 aliphatic heterocycles. The zero-order valence-electron chi connectivity index (χ0n) is 14.2. The summed E-state index contributed by atoms with van der Waals surface area (Å²) >= 11 is 0. The largest absolute Gasteiger partial charge is 0.455 e. The van der Waals surface area contributed by atoms with Gasteiger partial charge in [-0.15, -0.1) is 0 Å². The molecule has 2 amide bonds. The minimum atomic E-state index is -0.0560. The van der Waals surface area contributed by atoms with Gasteiger partial charge in [0.15, 0.2) is 5.75 Å². The molecule has 2 aromatic carbocycles. The molecule has 0 atom stereocenters. The second-order valence-corrected chi connectivity index (χ2v) is 6.60. The van der Waals surface area contributed by atoms with Crippen molar-refractivity contribution >= 4 is 11.7 Å². The molecule has 25 heavy (non-hydrogen) atoms. The number of rotatable bonds is 4. The Balaban J connectivity index is 1.39. The SMILES string of the molecule is O=C(Nc1ccccc1Oc1ccccc1)N1CCN(C2CC2)CC1. The van der Waals surface area contributed by atoms with E-state index in [4.69, 9.17) is 4.74 Å². The van der Waals surface area contributed by atoms with Crippen molar-refractivity contribution in [3.63, 3.8) is 0 Å². The van der Waals surface area contributed by atoms with Crippen molar-refractivity contribution in [3.05, 3.63) is 54.6 Å². The van der Waals surface area contributed by atoms with Crippen LogP contribution in [-0.2, 0) is 0 Å². The fourth-order valence-electron chi connectivity index (χ4n) is 3.20. The third kappa shape index (κ3) is 3.94. The molecule has 1 N–H and O–H groups in total. The van der Waals surface area contributed by atoms with Crippen molar-refractivity contribution in [1.82, 2.24) is 9.80 Å². The van der Waals surface area contributed by atoms with Crippen molar-refractivity contribution in [3.8, 4) is 11.5 Å². The summed E-state index contributed by atoms with van der Waals surface area (Å²) in [7, 11) is 0. The highest BCUT2D eigenvalue weighted by Crippen LogP contribution is 2.30. The maximum Gasteiger partial charge on any atom is 0.322 e. The molecule has 4 rings (SSSR count). The summed E-state index contributed by atoms with van der Waals surface area (Å²) in [5.41, 5.74) is 0.695. The van der Waals surface area contributed by atoms with Crippen LogP contribution in [0.5, 0.6) is 11.5 Å². The molecule has 130 valence electrons. The summed E-state index contributed by atoms with van der Waals surface area (Å²) in [6.07, 6.45) is 2.63. The summed E-state index contributed by atoms with van der Waals surface area (Å²) < 4.78 is 5.91. The van der Waals surface area contributed by atoms with Gasteiger partial charge in [0.2, 0.25) is 0 Å². The summed E-state index contributed by atoms with van der Waals surface area (Å²) in [5.74, 6) is 1.40. The van der Waals surface area contributed by atoms with E-state index in [2.05, 4.69) is 10.2 Å². The Labute approximate surface area is 148 Å². The molecular formula is C20H23N3O2. The molecule has 2 aliphatic rings. The Morgan fingerprint density at radius 3 is 2.32 bits per heavy atom. The van der Waals surface area contributed by atoms with Gasteiger partial charge >= 0.3 is 6.03 Å². The van der Waals surface area contributed by atoms with Crippen LogP contribution in [0.25, 0.3) is 0 Å². The Bertz CT molecular complexity index is 723. The molecule has 2 aromatic rings. The third-order valence-electron chi connectivity index (χ3n) is 4.76. The smallest absolute Gasteiger partial charge is 0.322 e. The predicted molar refractivity (Wildman–Crippen MR) is 98.1 cm³/mol. The van der Waals surface area contributed by atoms with E-state index in [0.717, 1.165) is 38.0 Å². The van der Waals surface area contributed by atoms with E-state index in [9.17, 15) is 4.79 Å². The molecule has 1 saturated carbocycles. The van der Waals surface area contributed by atoms with Crippen molar-refractivity contribution in [2.75, 3.05) is 31.5 Å². The van der Waals surface area contributed by atoms with Gasteiger partial charge in [-0.1, -0.05) is 30.3 Å². The topological polar surface area (TPSA) is 44.8 Å². The summed E-state index contributed by atoms with van der Waals surface area (Å²) in [6.45, 7) is 3.51. The van der Waals surface area contributed by atoms with Gasteiger partial charge in [-0.25, -0.2) is 4.79 Å². The Morgan fingerprint density at radius 1 is 0.920 bits per heavy atom. The first-order chi connectivity index (χ1) is 12.3. The van der Waals surface area contributed by atoms with Crippen molar-refractivity contribution in [2.24, 2.45) is 0 Å². The lowest BCUT2D eigenvalue weighted by atomic mass is 10.2. The average molecular weight is 337 g/mol. The number of hydrogen-bond donors (Lipinski definition) is 1. The van der Waals surface area contributed by atoms with E-state index >= 15 is 0 Å². The molecular weight excluding hydrogens is 314 g/mol. The zero-order chi connectivity index (χ0) is 17.1. The van der Waals surface area contributed by atoms with Crippen LogP contribution in [0.15, 0.2) is 54.6 Å².